The van der Waals surface area contributed by atoms with Crippen LogP contribution in [0.15, 0.2) is 47.5 Å². The van der Waals surface area contributed by atoms with Gasteiger partial charge in [0.15, 0.2) is 0 Å². The van der Waals surface area contributed by atoms with Gasteiger partial charge in [0.1, 0.15) is 17.3 Å². The third kappa shape index (κ3) is 11.3. The molecule has 0 heterocycles. The zero-order chi connectivity index (χ0) is 26.9. The van der Waals surface area contributed by atoms with Crippen LogP contribution in [0, 0.1) is 0 Å². The minimum absolute atomic E-state index is 0.0291. The molecule has 0 fully saturated rings. The lowest BCUT2D eigenvalue weighted by Crippen LogP contribution is -2.26. The maximum atomic E-state index is 12.1. The predicted octanol–water partition coefficient (Wildman–Crippen LogP) is 3.07. The summed E-state index contributed by atoms with van der Waals surface area (Å²) in [5.74, 6) is 0.922. The molecule has 9 heteroatoms. The Hall–Kier alpha value is -3.72. The molecule has 37 heavy (non-hydrogen) atoms. The highest BCUT2D eigenvalue weighted by Gasteiger charge is 2.09. The normalized spacial score (nSPS) is 10.8. The SMILES string of the molecule is CN=Cc1ccc(OCCC(=O)CCC(=O)NCCCCCNC(=O)c2ccc(CO)cc2)cc1OC. The molecule has 0 aliphatic heterocycles. The average molecular weight is 512 g/mol. The van der Waals surface area contributed by atoms with Crippen LogP contribution in [0.2, 0.25) is 0 Å². The summed E-state index contributed by atoms with van der Waals surface area (Å²) in [6.45, 7) is 1.27. The van der Waals surface area contributed by atoms with E-state index >= 15 is 0 Å². The van der Waals surface area contributed by atoms with Crippen molar-refractivity contribution in [2.75, 3.05) is 33.9 Å². The summed E-state index contributed by atoms with van der Waals surface area (Å²) >= 11 is 0. The van der Waals surface area contributed by atoms with Crippen molar-refractivity contribution in [2.45, 2.75) is 45.1 Å². The molecule has 0 aliphatic rings. The first-order valence-corrected chi connectivity index (χ1v) is 12.5. The Morgan fingerprint density at radius 2 is 1.68 bits per heavy atom. The highest BCUT2D eigenvalue weighted by molar-refractivity contribution is 5.94. The van der Waals surface area contributed by atoms with Gasteiger partial charge in [-0.25, -0.2) is 0 Å². The third-order valence-electron chi connectivity index (χ3n) is 5.61. The Labute approximate surface area is 218 Å². The van der Waals surface area contributed by atoms with Crippen LogP contribution in [0.25, 0.3) is 0 Å². The van der Waals surface area contributed by atoms with Gasteiger partial charge in [0.05, 0.1) is 20.3 Å². The number of aliphatic hydroxyl groups excluding tert-OH is 1. The number of benzene rings is 2. The largest absolute Gasteiger partial charge is 0.496 e. The number of Topliss-reactive ketones (excluding diaryl/α,β-unsaturated/α-hetero) is 1. The van der Waals surface area contributed by atoms with E-state index in [1.807, 2.05) is 6.07 Å². The Morgan fingerprint density at radius 3 is 2.35 bits per heavy atom. The molecule has 2 aromatic rings. The van der Waals surface area contributed by atoms with Crippen LogP contribution < -0.4 is 20.1 Å². The lowest BCUT2D eigenvalue weighted by molar-refractivity contribution is -0.125. The number of hydrogen-bond acceptors (Lipinski definition) is 7. The van der Waals surface area contributed by atoms with Gasteiger partial charge in [-0.3, -0.25) is 19.4 Å². The van der Waals surface area contributed by atoms with Crippen LogP contribution in [0.5, 0.6) is 11.5 Å². The summed E-state index contributed by atoms with van der Waals surface area (Å²) in [7, 11) is 3.26. The number of nitrogens with one attached hydrogen (secondary N) is 2. The van der Waals surface area contributed by atoms with E-state index in [-0.39, 0.29) is 50.1 Å². The van der Waals surface area contributed by atoms with Crippen molar-refractivity contribution in [3.63, 3.8) is 0 Å². The van der Waals surface area contributed by atoms with E-state index in [0.29, 0.717) is 30.2 Å². The summed E-state index contributed by atoms with van der Waals surface area (Å²) in [4.78, 5) is 40.1. The summed E-state index contributed by atoms with van der Waals surface area (Å²) in [5.41, 5.74) is 2.16. The van der Waals surface area contributed by atoms with Gasteiger partial charge in [0, 0.05) is 62.8 Å². The first kappa shape index (κ1) is 29.5. The maximum Gasteiger partial charge on any atom is 0.251 e. The van der Waals surface area contributed by atoms with Crippen molar-refractivity contribution < 1.29 is 29.0 Å². The zero-order valence-corrected chi connectivity index (χ0v) is 21.6. The van der Waals surface area contributed by atoms with Crippen molar-refractivity contribution in [2.24, 2.45) is 4.99 Å². The number of rotatable bonds is 17. The van der Waals surface area contributed by atoms with Gasteiger partial charge in [-0.2, -0.15) is 0 Å². The molecule has 0 bridgehead atoms. The van der Waals surface area contributed by atoms with Gasteiger partial charge in [0.25, 0.3) is 5.91 Å². The summed E-state index contributed by atoms with van der Waals surface area (Å²) in [6.07, 6.45) is 4.71. The van der Waals surface area contributed by atoms with Gasteiger partial charge < -0.3 is 25.2 Å². The van der Waals surface area contributed by atoms with E-state index in [2.05, 4.69) is 15.6 Å². The standard InChI is InChI=1S/C28H37N3O6/c1-29-19-23-10-12-25(18-26(23)36-2)37-17-14-24(33)11-13-27(34)30-15-4-3-5-16-31-28(35)22-8-6-21(20-32)7-9-22/h6-10,12,18-19,32H,3-5,11,13-17,20H2,1-2H3,(H,30,34)(H,31,35). The van der Waals surface area contributed by atoms with E-state index in [1.165, 1.54) is 0 Å². The molecule has 0 unspecified atom stereocenters. The number of ketones is 1. The fourth-order valence-corrected chi connectivity index (χ4v) is 3.50. The molecule has 0 saturated heterocycles. The van der Waals surface area contributed by atoms with E-state index in [0.717, 1.165) is 30.4 Å². The van der Waals surface area contributed by atoms with E-state index in [1.54, 1.807) is 56.8 Å². The lowest BCUT2D eigenvalue weighted by Gasteiger charge is -2.10. The topological polar surface area (TPSA) is 126 Å². The molecule has 3 N–H and O–H groups in total. The molecule has 0 aliphatic carbocycles. The minimum Gasteiger partial charge on any atom is -0.496 e. The van der Waals surface area contributed by atoms with Crippen molar-refractivity contribution in [3.05, 3.63) is 59.2 Å². The smallest absolute Gasteiger partial charge is 0.251 e. The third-order valence-corrected chi connectivity index (χ3v) is 5.61. The number of ether oxygens (including phenoxy) is 2. The summed E-state index contributed by atoms with van der Waals surface area (Å²) < 4.78 is 11.0. The van der Waals surface area contributed by atoms with Gasteiger partial charge in [-0.15, -0.1) is 0 Å². The number of nitrogens with zero attached hydrogens (tertiary/aromatic N) is 1. The van der Waals surface area contributed by atoms with Crippen molar-refractivity contribution in [1.29, 1.82) is 0 Å². The van der Waals surface area contributed by atoms with Crippen molar-refractivity contribution >= 4 is 23.8 Å². The van der Waals surface area contributed by atoms with Crippen LogP contribution in [0.3, 0.4) is 0 Å². The summed E-state index contributed by atoms with van der Waals surface area (Å²) in [6, 6.07) is 12.2. The van der Waals surface area contributed by atoms with Gasteiger partial charge >= 0.3 is 0 Å². The average Bonchev–Trinajstić information content (AvgIpc) is 2.92. The Bertz CT molecular complexity index is 1040. The molecule has 2 rings (SSSR count). The van der Waals surface area contributed by atoms with Crippen molar-refractivity contribution in [1.82, 2.24) is 10.6 Å². The number of unbranched alkanes of at least 4 members (excludes halogenated alkanes) is 2. The Morgan fingerprint density at radius 1 is 0.946 bits per heavy atom. The molecular formula is C28H37N3O6. The highest BCUT2D eigenvalue weighted by atomic mass is 16.5. The zero-order valence-electron chi connectivity index (χ0n) is 21.6. The molecule has 2 amide bonds. The molecule has 200 valence electrons. The molecule has 9 nitrogen and oxygen atoms in total. The number of amides is 2. The van der Waals surface area contributed by atoms with E-state index in [4.69, 9.17) is 14.6 Å². The second kappa shape index (κ2) is 16.9. The second-order valence-corrected chi connectivity index (χ2v) is 8.45. The molecule has 0 spiro atoms. The number of aliphatic imine (C=N–C) groups is 1. The van der Waals surface area contributed by atoms with E-state index < -0.39 is 0 Å². The first-order chi connectivity index (χ1) is 18.0. The fourth-order valence-electron chi connectivity index (χ4n) is 3.50. The molecule has 0 saturated carbocycles. The summed E-state index contributed by atoms with van der Waals surface area (Å²) in [5, 5.41) is 14.7. The molecule has 0 atom stereocenters. The molecular weight excluding hydrogens is 474 g/mol. The minimum atomic E-state index is -0.146. The fraction of sp³-hybridized carbons (Fsp3) is 0.429. The van der Waals surface area contributed by atoms with Crippen LogP contribution in [0.4, 0.5) is 0 Å². The maximum absolute atomic E-state index is 12.1. The molecule has 0 aromatic heterocycles. The first-order valence-electron chi connectivity index (χ1n) is 12.5. The monoisotopic (exact) mass is 511 g/mol. The van der Waals surface area contributed by atoms with Crippen LogP contribution in [0.1, 0.15) is 60.0 Å². The number of hydrogen-bond donors (Lipinski definition) is 3. The number of methoxy groups -OCH3 is 1. The Kier molecular flexibility index (Phi) is 13.4. The highest BCUT2D eigenvalue weighted by Crippen LogP contribution is 2.23. The van der Waals surface area contributed by atoms with Crippen molar-refractivity contribution in [3.8, 4) is 11.5 Å². The lowest BCUT2D eigenvalue weighted by atomic mass is 10.1. The van der Waals surface area contributed by atoms with Crippen LogP contribution >= 0.6 is 0 Å². The predicted molar refractivity (Wildman–Crippen MR) is 142 cm³/mol. The second-order valence-electron chi connectivity index (χ2n) is 8.45. The van der Waals surface area contributed by atoms with Gasteiger partial charge in [-0.1, -0.05) is 12.1 Å². The van der Waals surface area contributed by atoms with Crippen LogP contribution in [-0.2, 0) is 16.2 Å². The number of aliphatic hydroxyl groups is 1. The van der Waals surface area contributed by atoms with Gasteiger partial charge in [0.2, 0.25) is 5.91 Å². The molecule has 2 aromatic carbocycles. The number of carbonyl (C=O) groups excluding carboxylic acids is 3. The number of carbonyl (C=O) groups is 3. The van der Waals surface area contributed by atoms with Gasteiger partial charge in [-0.05, 0) is 49.1 Å². The quantitative estimate of drug-likeness (QED) is 0.221. The van der Waals surface area contributed by atoms with E-state index in [9.17, 15) is 14.4 Å². The van der Waals surface area contributed by atoms with Crippen LogP contribution in [-0.4, -0.2) is 62.8 Å². The molecule has 0 radical (unpaired) electrons. The Balaban J connectivity index is 1.50.